The summed E-state index contributed by atoms with van der Waals surface area (Å²) in [5, 5.41) is 8.60. The molecule has 150 valence electrons. The van der Waals surface area contributed by atoms with E-state index in [2.05, 4.69) is 22.5 Å². The Kier molecular flexibility index (Phi) is 6.97. The van der Waals surface area contributed by atoms with Crippen LogP contribution < -0.4 is 15.4 Å². The molecule has 0 saturated carbocycles. The van der Waals surface area contributed by atoms with Gasteiger partial charge in [-0.25, -0.2) is 4.98 Å². The zero-order valence-electron chi connectivity index (χ0n) is 16.4. The van der Waals surface area contributed by atoms with Crippen molar-refractivity contribution < 1.29 is 14.3 Å². The number of aryl methyl sites for hydroxylation is 1. The normalized spacial score (nSPS) is 10.4. The molecule has 0 unspecified atom stereocenters. The number of carbonyl (C=O) groups is 2. The molecule has 0 radical (unpaired) electrons. The van der Waals surface area contributed by atoms with E-state index in [1.165, 1.54) is 23.8 Å². The van der Waals surface area contributed by atoms with Gasteiger partial charge in [0.2, 0.25) is 0 Å². The summed E-state index contributed by atoms with van der Waals surface area (Å²) in [5.41, 5.74) is 3.51. The number of nitrogens with one attached hydrogen (secondary N) is 2. The van der Waals surface area contributed by atoms with Gasteiger partial charge in [-0.15, -0.1) is 11.3 Å². The lowest BCUT2D eigenvalue weighted by Gasteiger charge is -2.07. The van der Waals surface area contributed by atoms with Crippen molar-refractivity contribution in [2.45, 2.75) is 26.8 Å². The average molecular weight is 410 g/mol. The van der Waals surface area contributed by atoms with Gasteiger partial charge in [-0.3, -0.25) is 9.59 Å². The average Bonchev–Trinajstić information content (AvgIpc) is 3.18. The summed E-state index contributed by atoms with van der Waals surface area (Å²) in [6.45, 7) is 3.92. The van der Waals surface area contributed by atoms with Crippen LogP contribution in [0, 0.1) is 0 Å². The van der Waals surface area contributed by atoms with Crippen molar-refractivity contribution in [2.75, 3.05) is 11.9 Å². The second kappa shape index (κ2) is 9.84. The van der Waals surface area contributed by atoms with Gasteiger partial charge in [0.05, 0.1) is 12.2 Å². The molecule has 0 aliphatic heterocycles. The first kappa shape index (κ1) is 20.5. The third kappa shape index (κ3) is 6.15. The third-order valence-electron chi connectivity index (χ3n) is 4.26. The molecule has 0 bridgehead atoms. The highest BCUT2D eigenvalue weighted by Gasteiger charge is 2.07. The molecule has 29 heavy (non-hydrogen) atoms. The summed E-state index contributed by atoms with van der Waals surface area (Å²) in [4.78, 5) is 27.8. The molecule has 2 N–H and O–H groups in total. The molecule has 0 saturated heterocycles. The van der Waals surface area contributed by atoms with Gasteiger partial charge in [-0.05, 0) is 55.3 Å². The van der Waals surface area contributed by atoms with E-state index < -0.39 is 0 Å². The Morgan fingerprint density at radius 1 is 1.07 bits per heavy atom. The molecule has 6 nitrogen and oxygen atoms in total. The minimum absolute atomic E-state index is 0.0331. The number of nitrogens with zero attached hydrogens (tertiary/aromatic N) is 1. The lowest BCUT2D eigenvalue weighted by Crippen LogP contribution is -2.28. The maximum atomic E-state index is 12.0. The molecular weight excluding hydrogens is 386 g/mol. The maximum Gasteiger partial charge on any atom is 0.258 e. The molecule has 7 heteroatoms. The van der Waals surface area contributed by atoms with Gasteiger partial charge in [-0.2, -0.15) is 0 Å². The smallest absolute Gasteiger partial charge is 0.258 e. The lowest BCUT2D eigenvalue weighted by molar-refractivity contribution is -0.123. The largest absolute Gasteiger partial charge is 0.484 e. The van der Waals surface area contributed by atoms with Crippen molar-refractivity contribution in [3.05, 3.63) is 70.7 Å². The zero-order valence-corrected chi connectivity index (χ0v) is 17.2. The molecule has 0 spiro atoms. The van der Waals surface area contributed by atoms with Crippen molar-refractivity contribution in [2.24, 2.45) is 0 Å². The van der Waals surface area contributed by atoms with E-state index in [0.29, 0.717) is 17.9 Å². The molecule has 2 aromatic carbocycles. The number of hydrogen-bond donors (Lipinski definition) is 2. The summed E-state index contributed by atoms with van der Waals surface area (Å²) >= 11 is 1.45. The number of aromatic nitrogens is 1. The van der Waals surface area contributed by atoms with Gasteiger partial charge in [0.1, 0.15) is 5.75 Å². The Hall–Kier alpha value is -3.19. The minimum atomic E-state index is -0.202. The van der Waals surface area contributed by atoms with Crippen molar-refractivity contribution in [1.29, 1.82) is 0 Å². The fraction of sp³-hybridized carbons (Fsp3) is 0.227. The van der Waals surface area contributed by atoms with Crippen LogP contribution in [0.3, 0.4) is 0 Å². The first-order valence-electron chi connectivity index (χ1n) is 9.34. The molecule has 1 aromatic heterocycles. The number of ether oxygens (including phenoxy) is 1. The van der Waals surface area contributed by atoms with Gasteiger partial charge in [-0.1, -0.05) is 19.1 Å². The van der Waals surface area contributed by atoms with Crippen molar-refractivity contribution in [3.8, 4) is 5.75 Å². The van der Waals surface area contributed by atoms with Gasteiger partial charge in [0.25, 0.3) is 5.91 Å². The van der Waals surface area contributed by atoms with Crippen LogP contribution in [0.15, 0.2) is 53.9 Å². The van der Waals surface area contributed by atoms with Crippen LogP contribution in [0.2, 0.25) is 0 Å². The molecule has 0 fully saturated rings. The van der Waals surface area contributed by atoms with Crippen LogP contribution in [0.5, 0.6) is 5.75 Å². The highest BCUT2D eigenvalue weighted by atomic mass is 32.1. The standard InChI is InChI=1S/C22H23N3O3S/c1-3-16-4-10-20(11-5-16)28-13-21(27)23-12-19-14-29-22(25-19)24-18-8-6-17(7-9-18)15(2)26/h4-11,14H,3,12-13H2,1-2H3,(H,23,27)(H,24,25). The fourth-order valence-corrected chi connectivity index (χ4v) is 3.30. The van der Waals surface area contributed by atoms with E-state index >= 15 is 0 Å². The SMILES string of the molecule is CCc1ccc(OCC(=O)NCc2csc(Nc3ccc(C(C)=O)cc3)n2)cc1. The first-order valence-corrected chi connectivity index (χ1v) is 10.2. The van der Waals surface area contributed by atoms with Gasteiger partial charge in [0.15, 0.2) is 17.5 Å². The Labute approximate surface area is 173 Å². The summed E-state index contributed by atoms with van der Waals surface area (Å²) in [7, 11) is 0. The van der Waals surface area contributed by atoms with Crippen LogP contribution >= 0.6 is 11.3 Å². The molecule has 0 aliphatic carbocycles. The van der Waals surface area contributed by atoms with Gasteiger partial charge in [0, 0.05) is 16.6 Å². The number of thiazole rings is 1. The molecule has 3 rings (SSSR count). The number of benzene rings is 2. The number of rotatable bonds is 9. The van der Waals surface area contributed by atoms with E-state index in [-0.39, 0.29) is 18.3 Å². The predicted octanol–water partition coefficient (Wildman–Crippen LogP) is 4.35. The van der Waals surface area contributed by atoms with Gasteiger partial charge < -0.3 is 15.4 Å². The van der Waals surface area contributed by atoms with Gasteiger partial charge >= 0.3 is 0 Å². The maximum absolute atomic E-state index is 12.0. The monoisotopic (exact) mass is 409 g/mol. The van der Waals surface area contributed by atoms with Crippen LogP contribution in [0.4, 0.5) is 10.8 Å². The highest BCUT2D eigenvalue weighted by Crippen LogP contribution is 2.21. The molecule has 3 aromatic rings. The van der Waals surface area contributed by atoms with E-state index in [1.54, 1.807) is 12.1 Å². The van der Waals surface area contributed by atoms with E-state index in [0.717, 1.165) is 22.9 Å². The fourth-order valence-electron chi connectivity index (χ4n) is 2.57. The van der Waals surface area contributed by atoms with E-state index in [4.69, 9.17) is 4.74 Å². The molecular formula is C22H23N3O3S. The Morgan fingerprint density at radius 2 is 1.79 bits per heavy atom. The summed E-state index contributed by atoms with van der Waals surface area (Å²) in [6.07, 6.45) is 0.967. The highest BCUT2D eigenvalue weighted by molar-refractivity contribution is 7.13. The Balaban J connectivity index is 1.44. The second-order valence-electron chi connectivity index (χ2n) is 6.47. The number of anilines is 2. The summed E-state index contributed by atoms with van der Waals surface area (Å²) in [6, 6.07) is 14.9. The first-order chi connectivity index (χ1) is 14.0. The molecule has 0 aliphatic rings. The third-order valence-corrected chi connectivity index (χ3v) is 5.07. The van der Waals surface area contributed by atoms with E-state index in [1.807, 2.05) is 41.8 Å². The molecule has 0 atom stereocenters. The van der Waals surface area contributed by atoms with Crippen molar-refractivity contribution >= 4 is 33.8 Å². The predicted molar refractivity (Wildman–Crippen MR) is 115 cm³/mol. The van der Waals surface area contributed by atoms with Crippen LogP contribution in [0.25, 0.3) is 0 Å². The zero-order chi connectivity index (χ0) is 20.6. The Morgan fingerprint density at radius 3 is 2.45 bits per heavy atom. The summed E-state index contributed by atoms with van der Waals surface area (Å²) in [5.74, 6) is 0.506. The Bertz CT molecular complexity index is 966. The quantitative estimate of drug-likeness (QED) is 0.514. The van der Waals surface area contributed by atoms with E-state index in [9.17, 15) is 9.59 Å². The van der Waals surface area contributed by atoms with Crippen molar-refractivity contribution in [3.63, 3.8) is 0 Å². The summed E-state index contributed by atoms with van der Waals surface area (Å²) < 4.78 is 5.50. The number of carbonyl (C=O) groups excluding carboxylic acids is 2. The number of hydrogen-bond acceptors (Lipinski definition) is 6. The number of Topliss-reactive ketones (excluding diaryl/α,β-unsaturated/α-hetero) is 1. The second-order valence-corrected chi connectivity index (χ2v) is 7.32. The minimum Gasteiger partial charge on any atom is -0.484 e. The molecule has 1 heterocycles. The number of ketones is 1. The molecule has 1 amide bonds. The lowest BCUT2D eigenvalue weighted by atomic mass is 10.1. The van der Waals surface area contributed by atoms with Crippen LogP contribution in [-0.2, 0) is 17.8 Å². The van der Waals surface area contributed by atoms with Crippen molar-refractivity contribution in [1.82, 2.24) is 10.3 Å². The van der Waals surface area contributed by atoms with Crippen LogP contribution in [0.1, 0.15) is 35.5 Å². The van der Waals surface area contributed by atoms with Crippen LogP contribution in [-0.4, -0.2) is 23.3 Å². The topological polar surface area (TPSA) is 80.3 Å². The number of amides is 1.